The zero-order valence-electron chi connectivity index (χ0n) is 10.6. The molecule has 7 heteroatoms. The third-order valence-corrected chi connectivity index (χ3v) is 6.95. The second kappa shape index (κ2) is 4.11. The van der Waals surface area contributed by atoms with Crippen molar-refractivity contribution in [2.75, 3.05) is 7.11 Å². The molecule has 0 aromatic carbocycles. The van der Waals surface area contributed by atoms with Gasteiger partial charge in [0.15, 0.2) is 4.32 Å². The number of nitrogens with zero attached hydrogens (tertiary/aromatic N) is 1. The number of aliphatic hydroxyl groups is 1. The zero-order chi connectivity index (χ0) is 13.9. The van der Waals surface area contributed by atoms with Crippen LogP contribution < -0.4 is 0 Å². The quantitative estimate of drug-likeness (QED) is 0.457. The summed E-state index contributed by atoms with van der Waals surface area (Å²) in [6, 6.07) is -0.602. The summed E-state index contributed by atoms with van der Waals surface area (Å²) >= 11 is 4.85. The van der Waals surface area contributed by atoms with Gasteiger partial charge in [-0.05, 0) is 20.8 Å². The Morgan fingerprint density at radius 1 is 1.61 bits per heavy atom. The molecule has 0 radical (unpaired) electrons. The zero-order valence-corrected chi connectivity index (χ0v) is 13.0. The topological polar surface area (TPSA) is 66.8 Å². The van der Waals surface area contributed by atoms with E-state index in [0.29, 0.717) is 0 Å². The van der Waals surface area contributed by atoms with Gasteiger partial charge in [0, 0.05) is 4.75 Å². The normalized spacial score (nSPS) is 39.0. The third kappa shape index (κ3) is 1.56. The largest absolute Gasteiger partial charge is 0.467 e. The minimum atomic E-state index is -0.988. The average Bonchev–Trinajstić information content (AvgIpc) is 2.56. The number of thioether (sulfide) groups is 1. The van der Waals surface area contributed by atoms with E-state index in [1.165, 1.54) is 23.8 Å². The van der Waals surface area contributed by atoms with Crippen molar-refractivity contribution in [1.82, 2.24) is 4.90 Å². The minimum Gasteiger partial charge on any atom is -0.467 e. The summed E-state index contributed by atoms with van der Waals surface area (Å²) in [7, 11) is 1.32. The molecule has 18 heavy (non-hydrogen) atoms. The summed E-state index contributed by atoms with van der Waals surface area (Å²) < 4.78 is 3.35. The van der Waals surface area contributed by atoms with Crippen LogP contribution in [0.25, 0.3) is 0 Å². The van der Waals surface area contributed by atoms with Crippen LogP contribution in [-0.2, 0) is 14.3 Å². The van der Waals surface area contributed by atoms with Gasteiger partial charge in [-0.25, -0.2) is 4.79 Å². The molecule has 0 saturated carbocycles. The van der Waals surface area contributed by atoms with Gasteiger partial charge in [0.25, 0.3) is 0 Å². The predicted octanol–water partition coefficient (Wildman–Crippen LogP) is 0.736. The number of hydrogen-bond acceptors (Lipinski definition) is 5. The number of amides is 1. The van der Waals surface area contributed by atoms with Crippen molar-refractivity contribution in [2.45, 2.75) is 47.4 Å². The van der Waals surface area contributed by atoms with Crippen molar-refractivity contribution < 1.29 is 19.4 Å². The molecule has 0 aromatic heterocycles. The van der Waals surface area contributed by atoms with E-state index in [2.05, 4.69) is 15.9 Å². The number of hydrogen-bond donors (Lipinski definition) is 1. The Kier molecular flexibility index (Phi) is 3.23. The lowest BCUT2D eigenvalue weighted by Crippen LogP contribution is -2.74. The summed E-state index contributed by atoms with van der Waals surface area (Å²) in [5, 5.41) is 9.53. The lowest BCUT2D eigenvalue weighted by atomic mass is 9.88. The Hall–Kier alpha value is -0.270. The Morgan fingerprint density at radius 2 is 2.17 bits per heavy atom. The molecule has 2 aliphatic heterocycles. The fraction of sp³-hybridized carbons (Fsp3) is 0.818. The van der Waals surface area contributed by atoms with E-state index < -0.39 is 27.2 Å². The summed E-state index contributed by atoms with van der Waals surface area (Å²) in [4.78, 5) is 25.6. The molecule has 2 aliphatic rings. The number of fused-ring (bicyclic) bond motifs is 1. The molecular weight excluding hydrogens is 322 g/mol. The predicted molar refractivity (Wildman–Crippen MR) is 71.4 cm³/mol. The standard InChI is InChI=1S/C11H16BrNO4S/c1-5(14)11(12)8(16)13-6(7(15)17-4)10(2,3)18-9(11)13/h5-6,9,14H,1-4H3/t5-,6+,9-,11+/m1/s1. The van der Waals surface area contributed by atoms with Crippen molar-refractivity contribution in [2.24, 2.45) is 0 Å². The number of carbonyl (C=O) groups excluding carboxylic acids is 2. The highest BCUT2D eigenvalue weighted by molar-refractivity contribution is 9.10. The van der Waals surface area contributed by atoms with Crippen LogP contribution in [0, 0.1) is 0 Å². The molecule has 0 aromatic rings. The summed E-state index contributed by atoms with van der Waals surface area (Å²) in [6.07, 6.45) is -0.814. The molecule has 2 saturated heterocycles. The van der Waals surface area contributed by atoms with Gasteiger partial charge in [0.2, 0.25) is 5.91 Å². The van der Waals surface area contributed by atoms with E-state index >= 15 is 0 Å². The van der Waals surface area contributed by atoms with Gasteiger partial charge in [-0.3, -0.25) is 4.79 Å². The monoisotopic (exact) mass is 337 g/mol. The van der Waals surface area contributed by atoms with Crippen molar-refractivity contribution >= 4 is 39.6 Å². The van der Waals surface area contributed by atoms with E-state index in [1.807, 2.05) is 13.8 Å². The highest BCUT2D eigenvalue weighted by Crippen LogP contribution is 2.59. The number of carbonyl (C=O) groups is 2. The lowest BCUT2D eigenvalue weighted by Gasteiger charge is -2.51. The Bertz CT molecular complexity index is 414. The van der Waals surface area contributed by atoms with E-state index in [-0.39, 0.29) is 11.3 Å². The maximum Gasteiger partial charge on any atom is 0.330 e. The first kappa shape index (κ1) is 14.1. The van der Waals surface area contributed by atoms with Crippen LogP contribution in [0.4, 0.5) is 0 Å². The molecular formula is C11H16BrNO4S. The van der Waals surface area contributed by atoms with Gasteiger partial charge in [0.05, 0.1) is 13.2 Å². The Morgan fingerprint density at radius 3 is 2.61 bits per heavy atom. The molecule has 0 spiro atoms. The van der Waals surface area contributed by atoms with Crippen LogP contribution >= 0.6 is 27.7 Å². The molecule has 4 atom stereocenters. The molecule has 2 rings (SSSR count). The maximum atomic E-state index is 12.2. The van der Waals surface area contributed by atoms with Gasteiger partial charge in [-0.1, -0.05) is 15.9 Å². The fourth-order valence-electron chi connectivity index (χ4n) is 2.52. The van der Waals surface area contributed by atoms with Crippen molar-refractivity contribution in [3.63, 3.8) is 0 Å². The summed E-state index contributed by atoms with van der Waals surface area (Å²) in [5.74, 6) is -0.667. The molecule has 2 fully saturated rings. The lowest BCUT2D eigenvalue weighted by molar-refractivity contribution is -0.165. The molecule has 5 nitrogen and oxygen atoms in total. The van der Waals surface area contributed by atoms with Gasteiger partial charge < -0.3 is 14.7 Å². The van der Waals surface area contributed by atoms with Crippen LogP contribution in [0.1, 0.15) is 20.8 Å². The second-order valence-electron chi connectivity index (χ2n) is 5.16. The van der Waals surface area contributed by atoms with Crippen LogP contribution in [0.15, 0.2) is 0 Å². The molecule has 1 amide bonds. The molecule has 0 aliphatic carbocycles. The van der Waals surface area contributed by atoms with E-state index in [1.54, 1.807) is 6.92 Å². The summed E-state index contributed by atoms with van der Waals surface area (Å²) in [5.41, 5.74) is 0. The number of ether oxygens (including phenoxy) is 1. The maximum absolute atomic E-state index is 12.2. The number of alkyl halides is 1. The van der Waals surface area contributed by atoms with E-state index in [0.717, 1.165) is 0 Å². The number of esters is 1. The SMILES string of the molecule is COC(=O)[C@@H]1N2C(=O)[C@@](Br)([C@@H](C)O)[C@H]2SC1(C)C. The number of β-lactam (4-membered cyclic amide) rings is 1. The molecule has 0 bridgehead atoms. The molecule has 0 unspecified atom stereocenters. The minimum absolute atomic E-state index is 0.246. The number of methoxy groups -OCH3 is 1. The van der Waals surface area contributed by atoms with Gasteiger partial charge in [0.1, 0.15) is 11.4 Å². The van der Waals surface area contributed by atoms with Crippen molar-refractivity contribution in [1.29, 1.82) is 0 Å². The number of aliphatic hydroxyl groups excluding tert-OH is 1. The first-order chi connectivity index (χ1) is 8.17. The second-order valence-corrected chi connectivity index (χ2v) is 8.20. The van der Waals surface area contributed by atoms with Crippen LogP contribution in [-0.4, -0.2) is 55.6 Å². The highest BCUT2D eigenvalue weighted by Gasteiger charge is 2.72. The molecule has 1 N–H and O–H groups in total. The summed E-state index contributed by atoms with van der Waals surface area (Å²) in [6.45, 7) is 5.38. The number of halogens is 1. The molecule has 2 heterocycles. The van der Waals surface area contributed by atoms with Crippen molar-refractivity contribution in [3.8, 4) is 0 Å². The van der Waals surface area contributed by atoms with Gasteiger partial charge >= 0.3 is 5.97 Å². The highest BCUT2D eigenvalue weighted by atomic mass is 79.9. The van der Waals surface area contributed by atoms with E-state index in [4.69, 9.17) is 4.74 Å². The van der Waals surface area contributed by atoms with Gasteiger partial charge in [-0.2, -0.15) is 0 Å². The van der Waals surface area contributed by atoms with Crippen molar-refractivity contribution in [3.05, 3.63) is 0 Å². The fourth-order valence-corrected chi connectivity index (χ4v) is 4.94. The Balaban J connectivity index is 2.36. The Labute approximate surface area is 118 Å². The molecule has 102 valence electrons. The first-order valence-electron chi connectivity index (χ1n) is 5.63. The van der Waals surface area contributed by atoms with Crippen LogP contribution in [0.5, 0.6) is 0 Å². The third-order valence-electron chi connectivity index (χ3n) is 3.56. The average molecular weight is 338 g/mol. The van der Waals surface area contributed by atoms with Gasteiger partial charge in [-0.15, -0.1) is 11.8 Å². The van der Waals surface area contributed by atoms with Crippen LogP contribution in [0.2, 0.25) is 0 Å². The smallest absolute Gasteiger partial charge is 0.330 e. The van der Waals surface area contributed by atoms with Crippen LogP contribution in [0.3, 0.4) is 0 Å². The van der Waals surface area contributed by atoms with E-state index in [9.17, 15) is 14.7 Å². The number of rotatable bonds is 2. The first-order valence-corrected chi connectivity index (χ1v) is 7.30.